The summed E-state index contributed by atoms with van der Waals surface area (Å²) >= 11 is 1.59. The van der Waals surface area contributed by atoms with E-state index in [9.17, 15) is 22.8 Å². The molecule has 1 unspecified atom stereocenters. The SMILES string of the molecule is CSc1ccc2[nH]cc(CC(=O)NC(Cc3cc(F)cc(F)c3)c3ncccc3-c3ccc(F)c(C(N)=O)c3)c2c1. The van der Waals surface area contributed by atoms with Crippen molar-refractivity contribution in [1.29, 1.82) is 0 Å². The Balaban J connectivity index is 1.52. The lowest BCUT2D eigenvalue weighted by atomic mass is 9.94. The van der Waals surface area contributed by atoms with E-state index in [2.05, 4.69) is 15.3 Å². The normalized spacial score (nSPS) is 11.9. The number of nitrogens with zero attached hydrogens (tertiary/aromatic N) is 1. The van der Waals surface area contributed by atoms with Gasteiger partial charge >= 0.3 is 0 Å². The molecular weight excluding hydrogens is 549 g/mol. The highest BCUT2D eigenvalue weighted by molar-refractivity contribution is 7.98. The zero-order chi connectivity index (χ0) is 29.1. The van der Waals surface area contributed by atoms with Crippen LogP contribution in [0.25, 0.3) is 22.0 Å². The number of rotatable bonds is 9. The molecule has 6 nitrogen and oxygen atoms in total. The molecule has 41 heavy (non-hydrogen) atoms. The lowest BCUT2D eigenvalue weighted by Crippen LogP contribution is -2.32. The van der Waals surface area contributed by atoms with Crippen molar-refractivity contribution >= 4 is 34.5 Å². The van der Waals surface area contributed by atoms with E-state index in [4.69, 9.17) is 5.73 Å². The monoisotopic (exact) mass is 574 g/mol. The van der Waals surface area contributed by atoms with Crippen molar-refractivity contribution in [2.24, 2.45) is 5.73 Å². The molecule has 1 atom stereocenters. The summed E-state index contributed by atoms with van der Waals surface area (Å²) < 4.78 is 42.4. The number of hydrogen-bond donors (Lipinski definition) is 3. The third-order valence-corrected chi connectivity index (χ3v) is 7.46. The minimum Gasteiger partial charge on any atom is -0.366 e. The topological polar surface area (TPSA) is 101 Å². The largest absolute Gasteiger partial charge is 0.366 e. The second-order valence-electron chi connectivity index (χ2n) is 9.50. The van der Waals surface area contributed by atoms with E-state index in [-0.39, 0.29) is 24.3 Å². The van der Waals surface area contributed by atoms with Gasteiger partial charge < -0.3 is 16.0 Å². The summed E-state index contributed by atoms with van der Waals surface area (Å²) in [7, 11) is 0. The van der Waals surface area contributed by atoms with Gasteiger partial charge in [0.2, 0.25) is 5.91 Å². The van der Waals surface area contributed by atoms with Crippen LogP contribution in [0.2, 0.25) is 0 Å². The van der Waals surface area contributed by atoms with Crippen LogP contribution in [0.5, 0.6) is 0 Å². The molecule has 2 aromatic heterocycles. The van der Waals surface area contributed by atoms with Crippen LogP contribution in [0.4, 0.5) is 13.2 Å². The average molecular weight is 575 g/mol. The number of carbonyl (C=O) groups excluding carboxylic acids is 2. The number of halogens is 3. The van der Waals surface area contributed by atoms with Gasteiger partial charge in [0.25, 0.3) is 5.91 Å². The van der Waals surface area contributed by atoms with E-state index < -0.39 is 29.4 Å². The zero-order valence-electron chi connectivity index (χ0n) is 21.9. The molecule has 5 aromatic rings. The molecule has 2 amide bonds. The molecule has 0 aliphatic rings. The summed E-state index contributed by atoms with van der Waals surface area (Å²) in [5, 5.41) is 3.90. The number of fused-ring (bicyclic) bond motifs is 1. The Morgan fingerprint density at radius 2 is 1.80 bits per heavy atom. The maximum atomic E-state index is 14.2. The molecule has 0 radical (unpaired) electrons. The molecule has 0 spiro atoms. The van der Waals surface area contributed by atoms with E-state index in [0.717, 1.165) is 33.5 Å². The highest BCUT2D eigenvalue weighted by Crippen LogP contribution is 2.31. The number of amides is 2. The first-order valence-corrected chi connectivity index (χ1v) is 13.9. The number of primary amides is 1. The molecule has 2 heterocycles. The van der Waals surface area contributed by atoms with Crippen LogP contribution < -0.4 is 11.1 Å². The summed E-state index contributed by atoms with van der Waals surface area (Å²) in [5.41, 5.74) is 8.34. The third-order valence-electron chi connectivity index (χ3n) is 6.73. The first-order chi connectivity index (χ1) is 19.7. The molecule has 0 bridgehead atoms. The number of aromatic nitrogens is 2. The molecule has 0 saturated carbocycles. The standard InChI is InChI=1S/C31H25F3N4O2S/c1-41-22-5-7-27-24(15-22)19(16-37-27)13-29(39)38-28(11-17-9-20(32)14-21(33)10-17)30-23(3-2-8-36-30)18-4-6-26(34)25(12-18)31(35)40/h2-10,12,14-16,28,37H,11,13H2,1H3,(H2,35,40)(H,38,39). The number of H-pyrrole nitrogens is 1. The number of pyridine rings is 1. The fourth-order valence-corrected chi connectivity index (χ4v) is 5.29. The Hall–Kier alpha value is -4.57. The molecular formula is C31H25F3N4O2S. The van der Waals surface area contributed by atoms with Crippen LogP contribution in [0.15, 0.2) is 84.0 Å². The number of thioether (sulfide) groups is 1. The van der Waals surface area contributed by atoms with Gasteiger partial charge in [-0.25, -0.2) is 13.2 Å². The van der Waals surface area contributed by atoms with E-state index in [0.29, 0.717) is 22.4 Å². The van der Waals surface area contributed by atoms with Crippen LogP contribution in [0.3, 0.4) is 0 Å². The molecule has 5 rings (SSSR count). The van der Waals surface area contributed by atoms with Crippen molar-refractivity contribution in [3.63, 3.8) is 0 Å². The zero-order valence-corrected chi connectivity index (χ0v) is 22.7. The predicted molar refractivity (Wildman–Crippen MR) is 153 cm³/mol. The van der Waals surface area contributed by atoms with E-state index in [1.54, 1.807) is 30.1 Å². The second-order valence-corrected chi connectivity index (χ2v) is 10.4. The lowest BCUT2D eigenvalue weighted by molar-refractivity contribution is -0.121. The van der Waals surface area contributed by atoms with Crippen LogP contribution >= 0.6 is 11.8 Å². The Morgan fingerprint density at radius 1 is 1.02 bits per heavy atom. The smallest absolute Gasteiger partial charge is 0.251 e. The maximum absolute atomic E-state index is 14.2. The summed E-state index contributed by atoms with van der Waals surface area (Å²) in [5.74, 6) is -3.54. The van der Waals surface area contributed by atoms with Crippen molar-refractivity contribution in [2.45, 2.75) is 23.8 Å². The van der Waals surface area contributed by atoms with Gasteiger partial charge in [0.05, 0.1) is 23.7 Å². The first-order valence-electron chi connectivity index (χ1n) is 12.6. The highest BCUT2D eigenvalue weighted by Gasteiger charge is 2.23. The highest BCUT2D eigenvalue weighted by atomic mass is 32.2. The van der Waals surface area contributed by atoms with Crippen molar-refractivity contribution in [1.82, 2.24) is 15.3 Å². The van der Waals surface area contributed by atoms with Crippen LogP contribution in [0.1, 0.15) is 33.2 Å². The molecule has 0 aliphatic heterocycles. The number of carbonyl (C=O) groups is 2. The van der Waals surface area contributed by atoms with Crippen molar-refractivity contribution in [2.75, 3.05) is 6.26 Å². The minimum absolute atomic E-state index is 0.0127. The lowest BCUT2D eigenvalue weighted by Gasteiger charge is -2.22. The molecule has 0 saturated heterocycles. The Kier molecular flexibility index (Phi) is 8.11. The Morgan fingerprint density at radius 3 is 2.54 bits per heavy atom. The minimum atomic E-state index is -0.932. The predicted octanol–water partition coefficient (Wildman–Crippen LogP) is 6.11. The summed E-state index contributed by atoms with van der Waals surface area (Å²) in [6, 6.07) is 15.5. The third kappa shape index (κ3) is 6.28. The van der Waals surface area contributed by atoms with Gasteiger partial charge in [-0.1, -0.05) is 12.1 Å². The maximum Gasteiger partial charge on any atom is 0.251 e. The Labute approximate surface area is 238 Å². The quantitative estimate of drug-likeness (QED) is 0.185. The number of aromatic amines is 1. The molecule has 3 aromatic carbocycles. The molecule has 10 heteroatoms. The van der Waals surface area contributed by atoms with Gasteiger partial charge in [-0.15, -0.1) is 11.8 Å². The second kappa shape index (κ2) is 11.9. The molecule has 208 valence electrons. The number of benzene rings is 3. The van der Waals surface area contributed by atoms with E-state index in [1.807, 2.05) is 24.5 Å². The summed E-state index contributed by atoms with van der Waals surface area (Å²) in [6.45, 7) is 0. The number of hydrogen-bond acceptors (Lipinski definition) is 4. The Bertz CT molecular complexity index is 1750. The summed E-state index contributed by atoms with van der Waals surface area (Å²) in [6.07, 6.45) is 5.32. The van der Waals surface area contributed by atoms with Gasteiger partial charge in [-0.05, 0) is 77.9 Å². The van der Waals surface area contributed by atoms with Gasteiger partial charge in [0.1, 0.15) is 17.5 Å². The van der Waals surface area contributed by atoms with E-state index in [1.165, 1.54) is 30.5 Å². The van der Waals surface area contributed by atoms with Gasteiger partial charge in [0, 0.05) is 39.8 Å². The van der Waals surface area contributed by atoms with Crippen LogP contribution in [-0.4, -0.2) is 28.0 Å². The van der Waals surface area contributed by atoms with Crippen molar-refractivity contribution in [3.8, 4) is 11.1 Å². The van der Waals surface area contributed by atoms with E-state index >= 15 is 0 Å². The summed E-state index contributed by atoms with van der Waals surface area (Å²) in [4.78, 5) is 34.0. The van der Waals surface area contributed by atoms with Crippen molar-refractivity contribution in [3.05, 3.63) is 119 Å². The van der Waals surface area contributed by atoms with Gasteiger partial charge in [-0.2, -0.15) is 0 Å². The first kappa shape index (κ1) is 28.0. The van der Waals surface area contributed by atoms with Crippen LogP contribution in [0, 0.1) is 17.5 Å². The number of nitrogens with one attached hydrogen (secondary N) is 2. The number of nitrogens with two attached hydrogens (primary N) is 1. The molecule has 0 aliphatic carbocycles. The van der Waals surface area contributed by atoms with Crippen LogP contribution in [-0.2, 0) is 17.6 Å². The fraction of sp³-hybridized carbons (Fsp3) is 0.129. The van der Waals surface area contributed by atoms with Crippen molar-refractivity contribution < 1.29 is 22.8 Å². The molecule has 0 fully saturated rings. The molecule has 4 N–H and O–H groups in total. The fourth-order valence-electron chi connectivity index (χ4n) is 4.85. The van der Waals surface area contributed by atoms with Gasteiger partial charge in [-0.3, -0.25) is 14.6 Å². The van der Waals surface area contributed by atoms with Gasteiger partial charge in [0.15, 0.2) is 0 Å². The average Bonchev–Trinajstić information content (AvgIpc) is 3.33.